The normalized spacial score (nSPS) is 27.1. The SMILES string of the molecule is CC1CC(=O)NC1C(=O)NC1CS(=O)(=O)CC1NC(=O)c1ccc2cncc(Br)c2n1. The van der Waals surface area contributed by atoms with E-state index in [9.17, 15) is 22.8 Å². The summed E-state index contributed by atoms with van der Waals surface area (Å²) in [5, 5.41) is 8.71. The molecule has 10 nitrogen and oxygen atoms in total. The molecule has 0 saturated carbocycles. The van der Waals surface area contributed by atoms with E-state index in [0.717, 1.165) is 5.39 Å². The molecule has 2 aromatic heterocycles. The van der Waals surface area contributed by atoms with Crippen molar-refractivity contribution in [2.24, 2.45) is 5.92 Å². The van der Waals surface area contributed by atoms with Crippen LogP contribution in [0.5, 0.6) is 0 Å². The Hall–Kier alpha value is -2.60. The molecule has 4 heterocycles. The molecule has 0 aromatic carbocycles. The van der Waals surface area contributed by atoms with E-state index in [4.69, 9.17) is 0 Å². The van der Waals surface area contributed by atoms with Gasteiger partial charge in [0.2, 0.25) is 11.8 Å². The molecule has 2 aliphatic heterocycles. The van der Waals surface area contributed by atoms with E-state index in [-0.39, 0.29) is 35.4 Å². The number of halogens is 1. The van der Waals surface area contributed by atoms with Gasteiger partial charge in [0.1, 0.15) is 11.7 Å². The van der Waals surface area contributed by atoms with E-state index in [1.165, 1.54) is 6.07 Å². The van der Waals surface area contributed by atoms with E-state index in [0.29, 0.717) is 9.99 Å². The summed E-state index contributed by atoms with van der Waals surface area (Å²) in [6.45, 7) is 1.77. The van der Waals surface area contributed by atoms with Gasteiger partial charge in [-0.2, -0.15) is 0 Å². The number of pyridine rings is 2. The Morgan fingerprint density at radius 3 is 2.55 bits per heavy atom. The fraction of sp³-hybridized carbons (Fsp3) is 0.421. The maximum atomic E-state index is 12.8. The van der Waals surface area contributed by atoms with E-state index in [1.54, 1.807) is 25.4 Å². The summed E-state index contributed by atoms with van der Waals surface area (Å²) in [7, 11) is -3.46. The van der Waals surface area contributed by atoms with E-state index in [2.05, 4.69) is 41.8 Å². The first kappa shape index (κ1) is 21.6. The molecular weight excluding hydrogens is 490 g/mol. The van der Waals surface area contributed by atoms with E-state index in [1.807, 2.05) is 0 Å². The van der Waals surface area contributed by atoms with Crippen LogP contribution in [0.4, 0.5) is 0 Å². The zero-order valence-corrected chi connectivity index (χ0v) is 18.9. The molecule has 2 aromatic rings. The summed E-state index contributed by atoms with van der Waals surface area (Å²) in [6, 6.07) is 0.887. The third-order valence-electron chi connectivity index (χ3n) is 5.46. The van der Waals surface area contributed by atoms with Gasteiger partial charge in [-0.05, 0) is 34.0 Å². The number of fused-ring (bicyclic) bond motifs is 1. The fourth-order valence-electron chi connectivity index (χ4n) is 3.89. The second-order valence-corrected chi connectivity index (χ2v) is 10.9. The van der Waals surface area contributed by atoms with Crippen molar-refractivity contribution < 1.29 is 22.8 Å². The maximum Gasteiger partial charge on any atom is 0.270 e. The molecule has 12 heteroatoms. The molecule has 4 atom stereocenters. The Morgan fingerprint density at radius 2 is 1.87 bits per heavy atom. The second kappa shape index (κ2) is 8.15. The molecule has 0 radical (unpaired) electrons. The summed E-state index contributed by atoms with van der Waals surface area (Å²) in [5.41, 5.74) is 0.669. The lowest BCUT2D eigenvalue weighted by molar-refractivity contribution is -0.126. The van der Waals surface area contributed by atoms with Gasteiger partial charge in [-0.15, -0.1) is 0 Å². The summed E-state index contributed by atoms with van der Waals surface area (Å²) in [6.07, 6.45) is 3.42. The molecule has 0 bridgehead atoms. The molecule has 4 rings (SSSR count). The van der Waals surface area contributed by atoms with Crippen molar-refractivity contribution in [1.29, 1.82) is 0 Å². The van der Waals surface area contributed by atoms with Crippen molar-refractivity contribution in [1.82, 2.24) is 25.9 Å². The summed E-state index contributed by atoms with van der Waals surface area (Å²) in [4.78, 5) is 45.3. The van der Waals surface area contributed by atoms with E-state index < -0.39 is 39.8 Å². The summed E-state index contributed by atoms with van der Waals surface area (Å²) < 4.78 is 25.0. The van der Waals surface area contributed by atoms with Crippen LogP contribution in [0.25, 0.3) is 10.9 Å². The number of hydrogen-bond donors (Lipinski definition) is 3. The minimum Gasteiger partial charge on any atom is -0.348 e. The predicted octanol–water partition coefficient (Wildman–Crippen LogP) is -0.0715. The molecule has 3 amide bonds. The van der Waals surface area contributed by atoms with Crippen LogP contribution in [0, 0.1) is 5.92 Å². The first-order chi connectivity index (χ1) is 14.6. The molecule has 2 saturated heterocycles. The smallest absolute Gasteiger partial charge is 0.270 e. The molecule has 164 valence electrons. The Labute approximate surface area is 186 Å². The number of nitrogens with zero attached hydrogens (tertiary/aromatic N) is 2. The highest BCUT2D eigenvalue weighted by molar-refractivity contribution is 9.10. The first-order valence-electron chi connectivity index (χ1n) is 9.64. The topological polar surface area (TPSA) is 147 Å². The maximum absolute atomic E-state index is 12.8. The highest BCUT2D eigenvalue weighted by Crippen LogP contribution is 2.21. The number of sulfone groups is 1. The lowest BCUT2D eigenvalue weighted by atomic mass is 10.0. The number of amides is 3. The van der Waals surface area contributed by atoms with E-state index >= 15 is 0 Å². The van der Waals surface area contributed by atoms with Crippen molar-refractivity contribution >= 4 is 54.4 Å². The first-order valence-corrected chi connectivity index (χ1v) is 12.3. The molecule has 3 N–H and O–H groups in total. The van der Waals surface area contributed by atoms with Crippen LogP contribution in [-0.4, -0.2) is 65.7 Å². The van der Waals surface area contributed by atoms with Crippen molar-refractivity contribution in [3.8, 4) is 0 Å². The third-order valence-corrected chi connectivity index (χ3v) is 7.77. The zero-order valence-electron chi connectivity index (χ0n) is 16.5. The van der Waals surface area contributed by atoms with Crippen LogP contribution in [-0.2, 0) is 19.4 Å². The monoisotopic (exact) mass is 509 g/mol. The average molecular weight is 510 g/mol. The Kier molecular flexibility index (Phi) is 5.69. The molecular formula is C19H20BrN5O5S. The number of carbonyl (C=O) groups excluding carboxylic acids is 3. The number of rotatable bonds is 4. The third kappa shape index (κ3) is 4.54. The average Bonchev–Trinajstić information content (AvgIpc) is 3.18. The van der Waals surface area contributed by atoms with Gasteiger partial charge >= 0.3 is 0 Å². The van der Waals surface area contributed by atoms with Crippen molar-refractivity contribution in [2.75, 3.05) is 11.5 Å². The van der Waals surface area contributed by atoms with Gasteiger partial charge < -0.3 is 16.0 Å². The number of aromatic nitrogens is 2. The molecule has 2 fully saturated rings. The molecule has 4 unspecified atom stereocenters. The standard InChI is InChI=1S/C19H20BrN5O5S/c1-9-4-15(26)25-16(9)19(28)24-14-8-31(29,30)7-13(14)23-18(27)12-3-2-10-5-21-6-11(20)17(10)22-12/h2-3,5-6,9,13-14,16H,4,7-8H2,1H3,(H,23,27)(H,24,28)(H,25,26). The molecule has 31 heavy (non-hydrogen) atoms. The number of carbonyl (C=O) groups is 3. The quantitative estimate of drug-likeness (QED) is 0.522. The molecule has 2 aliphatic rings. The highest BCUT2D eigenvalue weighted by Gasteiger charge is 2.42. The van der Waals surface area contributed by atoms with Crippen molar-refractivity contribution in [3.63, 3.8) is 0 Å². The number of nitrogens with one attached hydrogen (secondary N) is 3. The van der Waals surface area contributed by atoms with Crippen LogP contribution in [0.15, 0.2) is 29.0 Å². The van der Waals surface area contributed by atoms with Gasteiger partial charge in [0.05, 0.1) is 33.6 Å². The van der Waals surface area contributed by atoms with Gasteiger partial charge in [0, 0.05) is 24.2 Å². The van der Waals surface area contributed by atoms with Crippen LogP contribution in [0.3, 0.4) is 0 Å². The summed E-state index contributed by atoms with van der Waals surface area (Å²) >= 11 is 3.35. The van der Waals surface area contributed by atoms with Crippen LogP contribution in [0.1, 0.15) is 23.8 Å². The van der Waals surface area contributed by atoms with Crippen molar-refractivity contribution in [3.05, 3.63) is 34.7 Å². The zero-order chi connectivity index (χ0) is 22.3. The second-order valence-electron chi connectivity index (χ2n) is 7.89. The van der Waals surface area contributed by atoms with Crippen LogP contribution in [0.2, 0.25) is 0 Å². The van der Waals surface area contributed by atoms with Gasteiger partial charge in [0.25, 0.3) is 5.91 Å². The lowest BCUT2D eigenvalue weighted by Gasteiger charge is -2.23. The number of hydrogen-bond acceptors (Lipinski definition) is 7. The Balaban J connectivity index is 1.50. The van der Waals surface area contributed by atoms with Gasteiger partial charge in [-0.3, -0.25) is 19.4 Å². The van der Waals surface area contributed by atoms with Crippen LogP contribution < -0.4 is 16.0 Å². The van der Waals surface area contributed by atoms with Gasteiger partial charge in [-0.25, -0.2) is 13.4 Å². The Morgan fingerprint density at radius 1 is 1.16 bits per heavy atom. The summed E-state index contributed by atoms with van der Waals surface area (Å²) in [5.74, 6) is -2.01. The van der Waals surface area contributed by atoms with Gasteiger partial charge in [-0.1, -0.05) is 6.92 Å². The van der Waals surface area contributed by atoms with Crippen LogP contribution >= 0.6 is 15.9 Å². The van der Waals surface area contributed by atoms with Crippen molar-refractivity contribution in [2.45, 2.75) is 31.5 Å². The lowest BCUT2D eigenvalue weighted by Crippen LogP contribution is -2.55. The molecule has 0 aliphatic carbocycles. The van der Waals surface area contributed by atoms with Gasteiger partial charge in [0.15, 0.2) is 9.84 Å². The minimum atomic E-state index is -3.46. The largest absolute Gasteiger partial charge is 0.348 e. The Bertz CT molecular complexity index is 1190. The molecule has 0 spiro atoms. The fourth-order valence-corrected chi connectivity index (χ4v) is 6.19. The minimum absolute atomic E-state index is 0.116. The highest BCUT2D eigenvalue weighted by atomic mass is 79.9. The predicted molar refractivity (Wildman–Crippen MR) is 115 cm³/mol.